The van der Waals surface area contributed by atoms with Gasteiger partial charge in [0.2, 0.25) is 5.95 Å². The maximum absolute atomic E-state index is 11.1. The molecule has 0 aliphatic rings. The zero-order valence-corrected chi connectivity index (χ0v) is 12.0. The predicted molar refractivity (Wildman–Crippen MR) is 73.3 cm³/mol. The largest absolute Gasteiger partial charge is 0.545 e. The molecule has 2 aromatic rings. The molecule has 1 N–H and O–H groups in total. The molecule has 1 aromatic heterocycles. The van der Waals surface area contributed by atoms with Crippen LogP contribution in [0.5, 0.6) is 0 Å². The van der Waals surface area contributed by atoms with Crippen LogP contribution in [0, 0.1) is 13.8 Å². The van der Waals surface area contributed by atoms with Gasteiger partial charge in [-0.25, -0.2) is 9.97 Å². The van der Waals surface area contributed by atoms with E-state index in [0.717, 1.165) is 11.4 Å². The average Bonchev–Trinajstić information content (AvgIpc) is 2.30. The topological polar surface area (TPSA) is 77.9 Å². The molecule has 0 atom stereocenters. The number of carbonyl (C=O) groups is 1. The summed E-state index contributed by atoms with van der Waals surface area (Å²) in [4.78, 5) is 19.5. The number of hydrogen-bond acceptors (Lipinski definition) is 5. The molecule has 0 amide bonds. The van der Waals surface area contributed by atoms with E-state index < -0.39 is 5.97 Å². The highest BCUT2D eigenvalue weighted by Gasteiger charge is 2.07. The summed E-state index contributed by atoms with van der Waals surface area (Å²) in [5, 5.41) is 14.0. The Bertz CT molecular complexity index is 624. The van der Waals surface area contributed by atoms with Gasteiger partial charge in [-0.3, -0.25) is 0 Å². The monoisotopic (exact) mass is 320 g/mol. The van der Waals surface area contributed by atoms with Gasteiger partial charge in [0.05, 0.1) is 11.7 Å². The lowest BCUT2D eigenvalue weighted by atomic mass is 10.2. The molecule has 0 spiro atoms. The Kier molecular flexibility index (Phi) is 3.80. The Morgan fingerprint density at radius 1 is 1.21 bits per heavy atom. The second-order valence-electron chi connectivity index (χ2n) is 4.08. The summed E-state index contributed by atoms with van der Waals surface area (Å²) in [7, 11) is 0. The molecule has 6 heteroatoms. The number of carboxylic acid groups (broad SMARTS) is 1. The fourth-order valence-electron chi connectivity index (χ4n) is 1.70. The molecule has 5 nitrogen and oxygen atoms in total. The first-order chi connectivity index (χ1) is 8.95. The second-order valence-corrected chi connectivity index (χ2v) is 4.99. The van der Waals surface area contributed by atoms with Crippen LogP contribution in [0.4, 0.5) is 11.6 Å². The van der Waals surface area contributed by atoms with Gasteiger partial charge in [0.25, 0.3) is 0 Å². The maximum Gasteiger partial charge on any atom is 0.227 e. The van der Waals surface area contributed by atoms with Crippen molar-refractivity contribution >= 4 is 33.5 Å². The van der Waals surface area contributed by atoms with Crippen LogP contribution in [0.25, 0.3) is 0 Å². The van der Waals surface area contributed by atoms with Gasteiger partial charge in [-0.15, -0.1) is 0 Å². The van der Waals surface area contributed by atoms with Crippen LogP contribution in [0.3, 0.4) is 0 Å². The number of benzene rings is 1. The smallest absolute Gasteiger partial charge is 0.227 e. The van der Waals surface area contributed by atoms with Gasteiger partial charge < -0.3 is 15.2 Å². The molecule has 2 rings (SSSR count). The molecule has 19 heavy (non-hydrogen) atoms. The number of halogens is 1. The summed E-state index contributed by atoms with van der Waals surface area (Å²) in [6.07, 6.45) is 0. The minimum atomic E-state index is -1.26. The summed E-state index contributed by atoms with van der Waals surface area (Å²) >= 11 is 3.22. The van der Waals surface area contributed by atoms with Gasteiger partial charge >= 0.3 is 0 Å². The molecular weight excluding hydrogens is 310 g/mol. The second kappa shape index (κ2) is 5.36. The molecule has 0 unspecified atom stereocenters. The van der Waals surface area contributed by atoms with Crippen molar-refractivity contribution < 1.29 is 9.90 Å². The fraction of sp³-hybridized carbons (Fsp3) is 0.154. The van der Waals surface area contributed by atoms with Gasteiger partial charge in [0.15, 0.2) is 0 Å². The van der Waals surface area contributed by atoms with Crippen LogP contribution in [-0.4, -0.2) is 15.9 Å². The highest BCUT2D eigenvalue weighted by atomic mass is 79.9. The van der Waals surface area contributed by atoms with Crippen molar-refractivity contribution in [1.29, 1.82) is 0 Å². The van der Waals surface area contributed by atoms with Gasteiger partial charge in [0.1, 0.15) is 0 Å². The number of aryl methyl sites for hydroxylation is 2. The first-order valence-corrected chi connectivity index (χ1v) is 6.35. The van der Waals surface area contributed by atoms with Crippen molar-refractivity contribution in [3.05, 3.63) is 45.7 Å². The third kappa shape index (κ3) is 3.29. The van der Waals surface area contributed by atoms with Crippen LogP contribution in [0.15, 0.2) is 28.7 Å². The number of anilines is 2. The Labute approximate surface area is 118 Å². The van der Waals surface area contributed by atoms with Crippen molar-refractivity contribution in [2.45, 2.75) is 13.8 Å². The lowest BCUT2D eigenvalue weighted by molar-refractivity contribution is -0.254. The molecule has 0 saturated carbocycles. The Morgan fingerprint density at radius 3 is 2.42 bits per heavy atom. The minimum absolute atomic E-state index is 0.0529. The molecule has 0 aliphatic heterocycles. The number of nitrogens with zero attached hydrogens (tertiary/aromatic N) is 2. The van der Waals surface area contributed by atoms with E-state index >= 15 is 0 Å². The van der Waals surface area contributed by atoms with Crippen molar-refractivity contribution in [2.24, 2.45) is 0 Å². The van der Waals surface area contributed by atoms with Crippen molar-refractivity contribution in [1.82, 2.24) is 9.97 Å². The minimum Gasteiger partial charge on any atom is -0.545 e. The van der Waals surface area contributed by atoms with Crippen molar-refractivity contribution in [3.63, 3.8) is 0 Å². The molecule has 0 bridgehead atoms. The van der Waals surface area contributed by atoms with Crippen LogP contribution in [0.1, 0.15) is 21.7 Å². The highest BCUT2D eigenvalue weighted by Crippen LogP contribution is 2.23. The first-order valence-electron chi connectivity index (χ1n) is 5.56. The Balaban J connectivity index is 2.40. The maximum atomic E-state index is 11.1. The van der Waals surface area contributed by atoms with E-state index in [1.165, 1.54) is 6.07 Å². The van der Waals surface area contributed by atoms with E-state index in [1.807, 2.05) is 19.9 Å². The van der Waals surface area contributed by atoms with Crippen molar-refractivity contribution in [2.75, 3.05) is 5.32 Å². The molecule has 0 aliphatic carbocycles. The molecule has 0 radical (unpaired) electrons. The quantitative estimate of drug-likeness (QED) is 0.935. The number of rotatable bonds is 3. The molecular formula is C13H11BrN3O2-. The fourth-order valence-corrected chi connectivity index (χ4v) is 2.06. The summed E-state index contributed by atoms with van der Waals surface area (Å²) in [6, 6.07) is 6.68. The number of hydrogen-bond donors (Lipinski definition) is 1. The normalized spacial score (nSPS) is 10.3. The number of nitrogens with one attached hydrogen (secondary N) is 1. The summed E-state index contributed by atoms with van der Waals surface area (Å²) < 4.78 is 0.665. The Morgan fingerprint density at radius 2 is 1.84 bits per heavy atom. The first kappa shape index (κ1) is 13.5. The van der Waals surface area contributed by atoms with E-state index in [9.17, 15) is 9.90 Å². The zero-order chi connectivity index (χ0) is 14.0. The van der Waals surface area contributed by atoms with Crippen LogP contribution in [0.2, 0.25) is 0 Å². The van der Waals surface area contributed by atoms with E-state index in [1.54, 1.807) is 12.1 Å². The average molecular weight is 321 g/mol. The van der Waals surface area contributed by atoms with Crippen molar-refractivity contribution in [3.8, 4) is 0 Å². The molecule has 0 saturated heterocycles. The standard InChI is InChI=1S/C13H12BrN3O2/c1-7-5-8(2)16-13(15-7)17-11-4-3-9(14)6-10(11)12(18)19/h3-6H,1-2H3,(H,18,19)(H,15,16,17)/p-1. The summed E-state index contributed by atoms with van der Waals surface area (Å²) in [5.41, 5.74) is 2.06. The lowest BCUT2D eigenvalue weighted by Gasteiger charge is -2.12. The Hall–Kier alpha value is -1.95. The zero-order valence-electron chi connectivity index (χ0n) is 10.4. The summed E-state index contributed by atoms with van der Waals surface area (Å²) in [6.45, 7) is 3.70. The number of aromatic nitrogens is 2. The van der Waals surface area contributed by atoms with Crippen LogP contribution >= 0.6 is 15.9 Å². The van der Waals surface area contributed by atoms with Crippen LogP contribution in [-0.2, 0) is 0 Å². The van der Waals surface area contributed by atoms with E-state index in [-0.39, 0.29) is 5.56 Å². The van der Waals surface area contributed by atoms with E-state index in [4.69, 9.17) is 0 Å². The molecule has 0 fully saturated rings. The molecule has 1 aromatic carbocycles. The van der Waals surface area contributed by atoms with Crippen LogP contribution < -0.4 is 10.4 Å². The third-order valence-corrected chi connectivity index (χ3v) is 2.92. The third-order valence-electron chi connectivity index (χ3n) is 2.43. The van der Waals surface area contributed by atoms with E-state index in [2.05, 4.69) is 31.2 Å². The van der Waals surface area contributed by atoms with Gasteiger partial charge in [-0.2, -0.15) is 0 Å². The SMILES string of the molecule is Cc1cc(C)nc(Nc2ccc(Br)cc2C(=O)[O-])n1. The molecule has 1 heterocycles. The van der Waals surface area contributed by atoms with Gasteiger partial charge in [-0.05, 0) is 38.1 Å². The number of aromatic carboxylic acids is 1. The predicted octanol–water partition coefficient (Wildman–Crippen LogP) is 1.96. The highest BCUT2D eigenvalue weighted by molar-refractivity contribution is 9.10. The number of carboxylic acids is 1. The number of carbonyl (C=O) groups excluding carboxylic acids is 1. The van der Waals surface area contributed by atoms with Gasteiger partial charge in [-0.1, -0.05) is 15.9 Å². The van der Waals surface area contributed by atoms with Gasteiger partial charge in [0, 0.05) is 21.4 Å². The van der Waals surface area contributed by atoms with E-state index in [0.29, 0.717) is 16.1 Å². The molecule has 98 valence electrons. The summed E-state index contributed by atoms with van der Waals surface area (Å²) in [5.74, 6) is -0.893. The lowest BCUT2D eigenvalue weighted by Crippen LogP contribution is -2.23.